The van der Waals surface area contributed by atoms with Gasteiger partial charge in [-0.1, -0.05) is 0 Å². The van der Waals surface area contributed by atoms with Crippen LogP contribution in [-0.4, -0.2) is 49.2 Å². The van der Waals surface area contributed by atoms with Gasteiger partial charge in [-0.3, -0.25) is 14.4 Å². The predicted molar refractivity (Wildman–Crippen MR) is 101 cm³/mol. The van der Waals surface area contributed by atoms with Gasteiger partial charge in [-0.15, -0.1) is 0 Å². The average Bonchev–Trinajstić information content (AvgIpc) is 2.61. The van der Waals surface area contributed by atoms with Gasteiger partial charge in [0, 0.05) is 5.41 Å². The van der Waals surface area contributed by atoms with Gasteiger partial charge in [-0.05, 0) is 67.2 Å². The first-order chi connectivity index (χ1) is 12.4. The molecule has 0 saturated heterocycles. The zero-order valence-corrected chi connectivity index (χ0v) is 16.8. The van der Waals surface area contributed by atoms with Crippen molar-refractivity contribution in [3.05, 3.63) is 0 Å². The van der Waals surface area contributed by atoms with Gasteiger partial charge in [0.2, 0.25) is 0 Å². The van der Waals surface area contributed by atoms with Crippen LogP contribution in [0.2, 0.25) is 0 Å². The monoisotopic (exact) mass is 383 g/mol. The van der Waals surface area contributed by atoms with Crippen LogP contribution < -0.4 is 0 Å². The number of esters is 2. The molecule has 0 aromatic rings. The zero-order chi connectivity index (χ0) is 18.7. The first-order valence-corrected chi connectivity index (χ1v) is 11.5. The molecule has 0 aromatic carbocycles. The van der Waals surface area contributed by atoms with Gasteiger partial charge in [-0.2, -0.15) is 0 Å². The van der Waals surface area contributed by atoms with E-state index in [0.29, 0.717) is 35.9 Å². The van der Waals surface area contributed by atoms with E-state index in [1.54, 1.807) is 0 Å². The fourth-order valence-electron chi connectivity index (χ4n) is 5.70. The van der Waals surface area contributed by atoms with E-state index in [2.05, 4.69) is 0 Å². The molecule has 0 aliphatic heterocycles. The molecule has 6 heteroatoms. The summed E-state index contributed by atoms with van der Waals surface area (Å²) in [6.45, 7) is 0. The van der Waals surface area contributed by atoms with Crippen molar-refractivity contribution in [2.75, 3.05) is 31.5 Å². The minimum absolute atomic E-state index is 0.101. The molecule has 0 spiro atoms. The number of hydrogen-bond acceptors (Lipinski definition) is 5. The van der Waals surface area contributed by atoms with E-state index in [-0.39, 0.29) is 28.2 Å². The van der Waals surface area contributed by atoms with Crippen molar-refractivity contribution in [1.82, 2.24) is 0 Å². The lowest BCUT2D eigenvalue weighted by atomic mass is 9.48. The van der Waals surface area contributed by atoms with E-state index in [0.717, 1.165) is 37.0 Å². The number of ether oxygens (including phenoxy) is 2. The lowest BCUT2D eigenvalue weighted by Crippen LogP contribution is -2.51. The topological polar surface area (TPSA) is 69.7 Å². The zero-order valence-electron chi connectivity index (χ0n) is 16.0. The fraction of sp³-hybridized carbons (Fsp3) is 0.850. The molecule has 0 unspecified atom stereocenters. The molecular weight excluding hydrogens is 352 g/mol. The molecule has 0 aromatic heterocycles. The summed E-state index contributed by atoms with van der Waals surface area (Å²) in [7, 11) is 2.51. The number of carbonyl (C=O) groups excluding carboxylic acids is 3. The molecule has 0 atom stereocenters. The molecule has 5 nitrogen and oxygen atoms in total. The van der Waals surface area contributed by atoms with Crippen molar-refractivity contribution in [3.8, 4) is 0 Å². The van der Waals surface area contributed by atoms with E-state index in [4.69, 9.17) is 9.47 Å². The first-order valence-electron chi connectivity index (χ1n) is 9.75. The molecule has 0 amide bonds. The summed E-state index contributed by atoms with van der Waals surface area (Å²) in [5, 5.41) is 0. The number of ketones is 1. The predicted octanol–water partition coefficient (Wildman–Crippen LogP) is 2.52. The van der Waals surface area contributed by atoms with Crippen LogP contribution in [0.15, 0.2) is 0 Å². The molecule has 26 heavy (non-hydrogen) atoms. The highest BCUT2D eigenvalue weighted by Gasteiger charge is 2.55. The summed E-state index contributed by atoms with van der Waals surface area (Å²) in [6.07, 6.45) is 7.81. The Morgan fingerprint density at radius 1 is 0.846 bits per heavy atom. The minimum atomic E-state index is -0.263. The third-order valence-electron chi connectivity index (χ3n) is 6.61. The molecule has 4 aliphatic rings. The molecule has 4 aliphatic carbocycles. The second kappa shape index (κ2) is 8.32. The fourth-order valence-corrected chi connectivity index (χ4v) is 7.78. The Hall–Kier alpha value is -1.04. The van der Waals surface area contributed by atoms with E-state index < -0.39 is 0 Å². The molecule has 0 heterocycles. The summed E-state index contributed by atoms with van der Waals surface area (Å²) in [6, 6.07) is 0. The van der Waals surface area contributed by atoms with Crippen LogP contribution in [0.5, 0.6) is 0 Å². The van der Waals surface area contributed by atoms with Crippen LogP contribution in [0.1, 0.15) is 51.4 Å². The third-order valence-corrected chi connectivity index (χ3v) is 8.84. The SMILES string of the molecule is COC(=O)CC[S+](CCC(=O)OC)CC(=O)C12CC3CC(CC(C3)C1)C2. The Kier molecular flexibility index (Phi) is 6.31. The molecule has 4 fully saturated rings. The van der Waals surface area contributed by atoms with Crippen molar-refractivity contribution in [2.45, 2.75) is 51.4 Å². The van der Waals surface area contributed by atoms with Crippen LogP contribution >= 0.6 is 0 Å². The van der Waals surface area contributed by atoms with Crippen LogP contribution in [0.4, 0.5) is 0 Å². The molecule has 0 N–H and O–H groups in total. The van der Waals surface area contributed by atoms with Crippen LogP contribution in [0, 0.1) is 23.2 Å². The van der Waals surface area contributed by atoms with Gasteiger partial charge in [0.1, 0.15) is 11.5 Å². The number of hydrogen-bond donors (Lipinski definition) is 0. The van der Waals surface area contributed by atoms with Crippen LogP contribution in [0.25, 0.3) is 0 Å². The summed E-state index contributed by atoms with van der Waals surface area (Å²) < 4.78 is 9.48. The summed E-state index contributed by atoms with van der Waals surface area (Å²) >= 11 is 0. The molecule has 146 valence electrons. The van der Waals surface area contributed by atoms with Crippen molar-refractivity contribution in [2.24, 2.45) is 23.2 Å². The van der Waals surface area contributed by atoms with Crippen molar-refractivity contribution in [1.29, 1.82) is 0 Å². The lowest BCUT2D eigenvalue weighted by molar-refractivity contribution is -0.141. The second-order valence-electron chi connectivity index (χ2n) is 8.44. The maximum atomic E-state index is 13.3. The molecule has 4 rings (SSSR count). The summed E-state index contributed by atoms with van der Waals surface area (Å²) in [4.78, 5) is 36.4. The number of methoxy groups -OCH3 is 2. The Labute approximate surface area is 158 Å². The Morgan fingerprint density at radius 2 is 1.27 bits per heavy atom. The Bertz CT molecular complexity index is 503. The van der Waals surface area contributed by atoms with Crippen molar-refractivity contribution < 1.29 is 23.9 Å². The molecule has 4 saturated carbocycles. The van der Waals surface area contributed by atoms with E-state index in [9.17, 15) is 14.4 Å². The molecule has 4 bridgehead atoms. The average molecular weight is 384 g/mol. The Morgan fingerprint density at radius 3 is 1.65 bits per heavy atom. The number of Topliss-reactive ketones (excluding diaryl/α,β-unsaturated/α-hetero) is 1. The van der Waals surface area contributed by atoms with Gasteiger partial charge in [0.25, 0.3) is 0 Å². The summed E-state index contributed by atoms with van der Waals surface area (Å²) in [5.74, 6) is 3.91. The van der Waals surface area contributed by atoms with Gasteiger partial charge in [0.15, 0.2) is 11.5 Å². The Balaban J connectivity index is 1.62. The smallest absolute Gasteiger partial charge is 0.310 e. The first kappa shape index (κ1) is 19.7. The summed E-state index contributed by atoms with van der Waals surface area (Å²) in [5.41, 5.74) is -0.101. The molecular formula is C20H31O5S+. The standard InChI is InChI=1S/C20H31O5S/c1-24-18(22)3-5-26(6-4-19(23)25-2)13-17(21)20-10-14-7-15(11-20)9-16(8-14)12-20/h14-16H,3-13H2,1-2H3/q+1. The van der Waals surface area contributed by atoms with Gasteiger partial charge < -0.3 is 9.47 Å². The lowest BCUT2D eigenvalue weighted by Gasteiger charge is -2.55. The number of carbonyl (C=O) groups is 3. The second-order valence-corrected chi connectivity index (χ2v) is 10.8. The van der Waals surface area contributed by atoms with Crippen molar-refractivity contribution >= 4 is 28.6 Å². The van der Waals surface area contributed by atoms with Crippen LogP contribution in [-0.2, 0) is 34.8 Å². The van der Waals surface area contributed by atoms with E-state index in [1.807, 2.05) is 0 Å². The van der Waals surface area contributed by atoms with Gasteiger partial charge in [-0.25, -0.2) is 0 Å². The van der Waals surface area contributed by atoms with E-state index in [1.165, 1.54) is 33.5 Å². The highest BCUT2D eigenvalue weighted by Crippen LogP contribution is 2.60. The van der Waals surface area contributed by atoms with E-state index >= 15 is 0 Å². The number of rotatable bonds is 9. The third kappa shape index (κ3) is 4.44. The highest BCUT2D eigenvalue weighted by molar-refractivity contribution is 7.97. The maximum Gasteiger partial charge on any atom is 0.310 e. The maximum absolute atomic E-state index is 13.3. The quantitative estimate of drug-likeness (QED) is 0.452. The van der Waals surface area contributed by atoms with Crippen molar-refractivity contribution in [3.63, 3.8) is 0 Å². The van der Waals surface area contributed by atoms with Gasteiger partial charge >= 0.3 is 11.9 Å². The minimum Gasteiger partial charge on any atom is -0.469 e. The van der Waals surface area contributed by atoms with Gasteiger partial charge in [0.05, 0.1) is 27.1 Å². The molecule has 0 radical (unpaired) electrons. The highest BCUT2D eigenvalue weighted by atomic mass is 32.2. The van der Waals surface area contributed by atoms with Crippen LogP contribution in [0.3, 0.4) is 0 Å². The largest absolute Gasteiger partial charge is 0.469 e. The normalized spacial score (nSPS) is 31.9.